The van der Waals surface area contributed by atoms with Crippen LogP contribution >= 0.6 is 22.7 Å². The van der Waals surface area contributed by atoms with Crippen LogP contribution in [0.1, 0.15) is 28.8 Å². The Balaban J connectivity index is 1.65. The third-order valence-corrected chi connectivity index (χ3v) is 5.71. The molecule has 3 rings (SSSR count). The van der Waals surface area contributed by atoms with Crippen molar-refractivity contribution < 1.29 is 4.79 Å². The van der Waals surface area contributed by atoms with Gasteiger partial charge in [-0.3, -0.25) is 4.79 Å². The van der Waals surface area contributed by atoms with Gasteiger partial charge < -0.3 is 5.32 Å². The molecule has 0 radical (unpaired) electrons. The van der Waals surface area contributed by atoms with Gasteiger partial charge in [-0.25, -0.2) is 9.97 Å². The predicted octanol–water partition coefficient (Wildman–Crippen LogP) is 4.63. The third kappa shape index (κ3) is 3.88. The third-order valence-electron chi connectivity index (χ3n) is 3.78. The Labute approximate surface area is 149 Å². The van der Waals surface area contributed by atoms with Crippen molar-refractivity contribution in [3.8, 4) is 10.6 Å². The number of hydrogen-bond acceptors (Lipinski definition) is 5. The molecule has 124 valence electrons. The highest BCUT2D eigenvalue weighted by Crippen LogP contribution is 2.25. The van der Waals surface area contributed by atoms with E-state index >= 15 is 0 Å². The summed E-state index contributed by atoms with van der Waals surface area (Å²) in [6.07, 6.45) is 1.29. The predicted molar refractivity (Wildman–Crippen MR) is 101 cm³/mol. The number of benzene rings is 1. The van der Waals surface area contributed by atoms with Gasteiger partial charge in [-0.15, -0.1) is 22.7 Å². The number of carbonyl (C=O) groups excluding carboxylic acids is 1. The topological polar surface area (TPSA) is 54.9 Å². The number of nitrogens with one attached hydrogen (secondary N) is 1. The monoisotopic (exact) mass is 357 g/mol. The number of anilines is 1. The van der Waals surface area contributed by atoms with Gasteiger partial charge in [-0.05, 0) is 25.8 Å². The van der Waals surface area contributed by atoms with Crippen molar-refractivity contribution >= 4 is 33.7 Å². The Hall–Kier alpha value is -2.05. The molecule has 24 heavy (non-hydrogen) atoms. The average molecular weight is 358 g/mol. The molecule has 0 unspecified atom stereocenters. The highest BCUT2D eigenvalue weighted by Gasteiger charge is 2.11. The van der Waals surface area contributed by atoms with E-state index < -0.39 is 0 Å². The zero-order valence-electron chi connectivity index (χ0n) is 13.9. The standard InChI is InChI=1S/C18H19N3OS2/c1-4-13-5-7-14(8-6-13)17-20-15(10-23-17)9-16(22)21-18-19-11(2)12(3)24-18/h5-8,10H,4,9H2,1-3H3,(H,19,21,22). The molecule has 2 heterocycles. The molecule has 1 N–H and O–H groups in total. The highest BCUT2D eigenvalue weighted by atomic mass is 32.1. The van der Waals surface area contributed by atoms with Crippen LogP contribution in [0.25, 0.3) is 10.6 Å². The first-order valence-corrected chi connectivity index (χ1v) is 9.52. The van der Waals surface area contributed by atoms with E-state index in [1.165, 1.54) is 16.9 Å². The summed E-state index contributed by atoms with van der Waals surface area (Å²) in [5, 5.41) is 6.39. The number of carbonyl (C=O) groups is 1. The Bertz CT molecular complexity index is 830. The summed E-state index contributed by atoms with van der Waals surface area (Å²) in [6.45, 7) is 6.08. The lowest BCUT2D eigenvalue weighted by Crippen LogP contribution is -2.14. The first-order chi connectivity index (χ1) is 11.5. The lowest BCUT2D eigenvalue weighted by atomic mass is 10.1. The Morgan fingerprint density at radius 2 is 1.92 bits per heavy atom. The summed E-state index contributed by atoms with van der Waals surface area (Å²) in [6, 6.07) is 8.41. The summed E-state index contributed by atoms with van der Waals surface area (Å²) in [7, 11) is 0. The van der Waals surface area contributed by atoms with Gasteiger partial charge in [0.25, 0.3) is 0 Å². The largest absolute Gasteiger partial charge is 0.302 e. The lowest BCUT2D eigenvalue weighted by molar-refractivity contribution is -0.115. The smallest absolute Gasteiger partial charge is 0.232 e. The zero-order valence-corrected chi connectivity index (χ0v) is 15.6. The Morgan fingerprint density at radius 1 is 1.17 bits per heavy atom. The molecule has 2 aromatic heterocycles. The van der Waals surface area contributed by atoms with Crippen LogP contribution in [0.4, 0.5) is 5.13 Å². The molecule has 0 aliphatic carbocycles. The SMILES string of the molecule is CCc1ccc(-c2nc(CC(=O)Nc3nc(C)c(C)s3)cs2)cc1. The zero-order chi connectivity index (χ0) is 17.1. The molecule has 6 heteroatoms. The van der Waals surface area contributed by atoms with Crippen molar-refractivity contribution in [1.82, 2.24) is 9.97 Å². The molecule has 0 spiro atoms. The second-order valence-corrected chi connectivity index (χ2v) is 7.64. The molecule has 0 saturated carbocycles. The van der Waals surface area contributed by atoms with E-state index in [2.05, 4.69) is 46.5 Å². The van der Waals surface area contributed by atoms with E-state index in [1.54, 1.807) is 11.3 Å². The average Bonchev–Trinajstić information content (AvgIpc) is 3.14. The molecule has 1 amide bonds. The second-order valence-electron chi connectivity index (χ2n) is 5.58. The number of nitrogens with zero attached hydrogens (tertiary/aromatic N) is 2. The molecule has 0 fully saturated rings. The molecular formula is C18H19N3OS2. The number of aromatic nitrogens is 2. The minimum absolute atomic E-state index is 0.0815. The van der Waals surface area contributed by atoms with Gasteiger partial charge in [0.15, 0.2) is 5.13 Å². The van der Waals surface area contributed by atoms with Crippen molar-refractivity contribution in [3.05, 3.63) is 51.5 Å². The fourth-order valence-corrected chi connectivity index (χ4v) is 3.91. The molecule has 0 aliphatic heterocycles. The van der Waals surface area contributed by atoms with Crippen molar-refractivity contribution in [3.63, 3.8) is 0 Å². The Kier molecular flexibility index (Phi) is 5.06. The minimum Gasteiger partial charge on any atom is -0.302 e. The summed E-state index contributed by atoms with van der Waals surface area (Å²) in [5.74, 6) is -0.0815. The molecular weight excluding hydrogens is 338 g/mol. The maximum atomic E-state index is 12.2. The van der Waals surface area contributed by atoms with Crippen LogP contribution in [0.3, 0.4) is 0 Å². The van der Waals surface area contributed by atoms with E-state index in [1.807, 2.05) is 19.2 Å². The van der Waals surface area contributed by atoms with E-state index in [-0.39, 0.29) is 12.3 Å². The molecule has 3 aromatic rings. The van der Waals surface area contributed by atoms with E-state index in [0.29, 0.717) is 5.13 Å². The van der Waals surface area contributed by atoms with Crippen LogP contribution in [-0.2, 0) is 17.6 Å². The van der Waals surface area contributed by atoms with Crippen LogP contribution < -0.4 is 5.32 Å². The summed E-state index contributed by atoms with van der Waals surface area (Å²) in [4.78, 5) is 22.2. The van der Waals surface area contributed by atoms with Gasteiger partial charge in [0.2, 0.25) is 5.91 Å². The van der Waals surface area contributed by atoms with E-state index in [9.17, 15) is 4.79 Å². The van der Waals surface area contributed by atoms with Gasteiger partial charge in [0.05, 0.1) is 17.8 Å². The molecule has 0 atom stereocenters. The molecule has 0 aliphatic rings. The summed E-state index contributed by atoms with van der Waals surface area (Å²) >= 11 is 3.06. The molecule has 4 nitrogen and oxygen atoms in total. The van der Waals surface area contributed by atoms with Crippen LogP contribution in [0, 0.1) is 13.8 Å². The van der Waals surface area contributed by atoms with Crippen molar-refractivity contribution in [1.29, 1.82) is 0 Å². The fraction of sp³-hybridized carbons (Fsp3) is 0.278. The number of aryl methyl sites for hydroxylation is 3. The van der Waals surface area contributed by atoms with Gasteiger partial charge in [0.1, 0.15) is 5.01 Å². The molecule has 0 bridgehead atoms. The summed E-state index contributed by atoms with van der Waals surface area (Å²) < 4.78 is 0. The maximum absolute atomic E-state index is 12.2. The number of hydrogen-bond donors (Lipinski definition) is 1. The quantitative estimate of drug-likeness (QED) is 0.724. The Morgan fingerprint density at radius 3 is 2.54 bits per heavy atom. The van der Waals surface area contributed by atoms with Crippen molar-refractivity contribution in [2.75, 3.05) is 5.32 Å². The van der Waals surface area contributed by atoms with Crippen LogP contribution in [-0.4, -0.2) is 15.9 Å². The van der Waals surface area contributed by atoms with Crippen molar-refractivity contribution in [2.24, 2.45) is 0 Å². The number of amides is 1. The van der Waals surface area contributed by atoms with Crippen LogP contribution in [0.5, 0.6) is 0 Å². The van der Waals surface area contributed by atoms with E-state index in [0.717, 1.165) is 33.3 Å². The summed E-state index contributed by atoms with van der Waals surface area (Å²) in [5.41, 5.74) is 4.15. The van der Waals surface area contributed by atoms with Crippen LogP contribution in [0.15, 0.2) is 29.6 Å². The highest BCUT2D eigenvalue weighted by molar-refractivity contribution is 7.15. The molecule has 1 aromatic carbocycles. The van der Waals surface area contributed by atoms with Gasteiger partial charge in [-0.2, -0.15) is 0 Å². The van der Waals surface area contributed by atoms with E-state index in [4.69, 9.17) is 0 Å². The fourth-order valence-electron chi connectivity index (χ4n) is 2.26. The number of thiazole rings is 2. The first-order valence-electron chi connectivity index (χ1n) is 7.82. The minimum atomic E-state index is -0.0815. The number of rotatable bonds is 5. The van der Waals surface area contributed by atoms with Crippen molar-refractivity contribution in [2.45, 2.75) is 33.6 Å². The van der Waals surface area contributed by atoms with Gasteiger partial charge in [-0.1, -0.05) is 31.2 Å². The maximum Gasteiger partial charge on any atom is 0.232 e. The molecule has 0 saturated heterocycles. The first kappa shape index (κ1) is 16.8. The van der Waals surface area contributed by atoms with Gasteiger partial charge >= 0.3 is 0 Å². The second kappa shape index (κ2) is 7.23. The van der Waals surface area contributed by atoms with Crippen LogP contribution in [0.2, 0.25) is 0 Å². The normalized spacial score (nSPS) is 10.8. The lowest BCUT2D eigenvalue weighted by Gasteiger charge is -2.00. The van der Waals surface area contributed by atoms with Gasteiger partial charge in [0, 0.05) is 15.8 Å².